The molecule has 0 spiro atoms. The van der Waals surface area contributed by atoms with Crippen molar-refractivity contribution in [3.05, 3.63) is 41.5 Å². The van der Waals surface area contributed by atoms with E-state index >= 15 is 0 Å². The molecule has 0 heterocycles. The van der Waals surface area contributed by atoms with Crippen molar-refractivity contribution in [2.45, 2.75) is 39.5 Å². The maximum Gasteiger partial charge on any atom is 0.328 e. The van der Waals surface area contributed by atoms with Gasteiger partial charge in [0.2, 0.25) is 0 Å². The zero-order valence-corrected chi connectivity index (χ0v) is 10.6. The smallest absolute Gasteiger partial charge is 0.328 e. The Morgan fingerprint density at radius 1 is 1.24 bits per heavy atom. The van der Waals surface area contributed by atoms with Gasteiger partial charge in [-0.15, -0.1) is 0 Å². The van der Waals surface area contributed by atoms with Gasteiger partial charge in [-0.05, 0) is 36.5 Å². The van der Waals surface area contributed by atoms with Crippen molar-refractivity contribution >= 4 is 11.5 Å². The molecule has 1 N–H and O–H groups in total. The first-order valence-electron chi connectivity index (χ1n) is 6.14. The third-order valence-corrected chi connectivity index (χ3v) is 2.82. The van der Waals surface area contributed by atoms with E-state index in [4.69, 9.17) is 5.11 Å². The summed E-state index contributed by atoms with van der Waals surface area (Å²) in [7, 11) is 0. The standard InChI is InChI=1S/C15H20O2/c1-3-4-5-6-13-7-9-14(10-8-13)12(2)11-15(16)17/h7-11H,3-6H2,1-2H3,(H,16,17). The number of benzene rings is 1. The molecule has 0 saturated heterocycles. The van der Waals surface area contributed by atoms with Gasteiger partial charge in [0.05, 0.1) is 0 Å². The maximum atomic E-state index is 10.5. The van der Waals surface area contributed by atoms with E-state index in [0.717, 1.165) is 17.6 Å². The first-order valence-corrected chi connectivity index (χ1v) is 6.14. The minimum atomic E-state index is -0.894. The Labute approximate surface area is 103 Å². The molecule has 92 valence electrons. The molecule has 0 bridgehead atoms. The van der Waals surface area contributed by atoms with Crippen LogP contribution in [0.15, 0.2) is 30.3 Å². The van der Waals surface area contributed by atoms with E-state index in [-0.39, 0.29) is 0 Å². The van der Waals surface area contributed by atoms with Gasteiger partial charge >= 0.3 is 5.97 Å². The van der Waals surface area contributed by atoms with Crippen molar-refractivity contribution in [3.63, 3.8) is 0 Å². The van der Waals surface area contributed by atoms with Gasteiger partial charge in [-0.2, -0.15) is 0 Å². The van der Waals surface area contributed by atoms with Crippen LogP contribution in [0.2, 0.25) is 0 Å². The number of hydrogen-bond acceptors (Lipinski definition) is 1. The molecule has 2 nitrogen and oxygen atoms in total. The molecule has 0 aromatic heterocycles. The van der Waals surface area contributed by atoms with Crippen LogP contribution >= 0.6 is 0 Å². The topological polar surface area (TPSA) is 37.3 Å². The Morgan fingerprint density at radius 3 is 2.41 bits per heavy atom. The summed E-state index contributed by atoms with van der Waals surface area (Å²) in [5, 5.41) is 8.67. The van der Waals surface area contributed by atoms with E-state index in [9.17, 15) is 4.79 Å². The molecule has 0 unspecified atom stereocenters. The van der Waals surface area contributed by atoms with Crippen LogP contribution in [0.5, 0.6) is 0 Å². The molecule has 0 aliphatic rings. The molecular weight excluding hydrogens is 212 g/mol. The first-order chi connectivity index (χ1) is 8.13. The fourth-order valence-corrected chi connectivity index (χ4v) is 1.78. The monoisotopic (exact) mass is 232 g/mol. The minimum absolute atomic E-state index is 0.789. The highest BCUT2D eigenvalue weighted by molar-refractivity contribution is 5.89. The fraction of sp³-hybridized carbons (Fsp3) is 0.400. The summed E-state index contributed by atoms with van der Waals surface area (Å²) >= 11 is 0. The summed E-state index contributed by atoms with van der Waals surface area (Å²) in [5.74, 6) is -0.894. The van der Waals surface area contributed by atoms with Crippen molar-refractivity contribution in [1.82, 2.24) is 0 Å². The molecule has 17 heavy (non-hydrogen) atoms. The van der Waals surface area contributed by atoms with Crippen LogP contribution in [-0.2, 0) is 11.2 Å². The predicted octanol–water partition coefficient (Wildman–Crippen LogP) is 3.91. The molecule has 0 aliphatic heterocycles. The molecule has 0 amide bonds. The fourth-order valence-electron chi connectivity index (χ4n) is 1.78. The molecule has 0 radical (unpaired) electrons. The van der Waals surface area contributed by atoms with Crippen LogP contribution < -0.4 is 0 Å². The number of aliphatic carboxylic acids is 1. The van der Waals surface area contributed by atoms with Gasteiger partial charge < -0.3 is 5.11 Å². The summed E-state index contributed by atoms with van der Waals surface area (Å²) in [5.41, 5.74) is 3.09. The number of unbranched alkanes of at least 4 members (excludes halogenated alkanes) is 2. The Bertz CT molecular complexity index is 388. The third-order valence-electron chi connectivity index (χ3n) is 2.82. The van der Waals surface area contributed by atoms with Gasteiger partial charge in [0.15, 0.2) is 0 Å². The van der Waals surface area contributed by atoms with Crippen LogP contribution in [0.25, 0.3) is 5.57 Å². The number of carboxylic acid groups (broad SMARTS) is 1. The molecule has 1 aromatic rings. The van der Waals surface area contributed by atoms with E-state index in [1.807, 2.05) is 19.1 Å². The lowest BCUT2D eigenvalue weighted by Gasteiger charge is -2.04. The number of aryl methyl sites for hydroxylation is 1. The normalized spacial score (nSPS) is 11.5. The number of carboxylic acids is 1. The lowest BCUT2D eigenvalue weighted by atomic mass is 10.0. The molecule has 1 aromatic carbocycles. The molecule has 0 aliphatic carbocycles. The highest BCUT2D eigenvalue weighted by Gasteiger charge is 1.99. The van der Waals surface area contributed by atoms with Crippen LogP contribution in [0.4, 0.5) is 0 Å². The number of carbonyl (C=O) groups is 1. The second-order valence-corrected chi connectivity index (χ2v) is 4.32. The second-order valence-electron chi connectivity index (χ2n) is 4.32. The molecule has 1 rings (SSSR count). The van der Waals surface area contributed by atoms with E-state index in [1.54, 1.807) is 0 Å². The third kappa shape index (κ3) is 4.85. The summed E-state index contributed by atoms with van der Waals surface area (Å²) in [4.78, 5) is 10.5. The molecule has 2 heteroatoms. The number of allylic oxidation sites excluding steroid dienone is 1. The highest BCUT2D eigenvalue weighted by Crippen LogP contribution is 2.15. The molecule has 0 atom stereocenters. The van der Waals surface area contributed by atoms with Gasteiger partial charge in [-0.25, -0.2) is 4.79 Å². The Hall–Kier alpha value is -1.57. The SMILES string of the molecule is CCCCCc1ccc(C(C)=CC(=O)O)cc1. The molecule has 0 fully saturated rings. The van der Waals surface area contributed by atoms with Gasteiger partial charge in [0.25, 0.3) is 0 Å². The Kier molecular flexibility index (Phi) is 5.47. The predicted molar refractivity (Wildman–Crippen MR) is 71.0 cm³/mol. The molecular formula is C15H20O2. The summed E-state index contributed by atoms with van der Waals surface area (Å²) < 4.78 is 0. The van der Waals surface area contributed by atoms with Crippen LogP contribution in [0.3, 0.4) is 0 Å². The van der Waals surface area contributed by atoms with Gasteiger partial charge in [-0.1, -0.05) is 44.0 Å². The van der Waals surface area contributed by atoms with Crippen LogP contribution in [0.1, 0.15) is 44.2 Å². The van der Waals surface area contributed by atoms with Gasteiger partial charge in [-0.3, -0.25) is 0 Å². The minimum Gasteiger partial charge on any atom is -0.478 e. The van der Waals surface area contributed by atoms with E-state index in [0.29, 0.717) is 0 Å². The number of rotatable bonds is 6. The van der Waals surface area contributed by atoms with Gasteiger partial charge in [0, 0.05) is 6.08 Å². The van der Waals surface area contributed by atoms with Crippen molar-refractivity contribution in [3.8, 4) is 0 Å². The van der Waals surface area contributed by atoms with Crippen molar-refractivity contribution in [2.24, 2.45) is 0 Å². The zero-order chi connectivity index (χ0) is 12.7. The van der Waals surface area contributed by atoms with Crippen molar-refractivity contribution in [1.29, 1.82) is 0 Å². The van der Waals surface area contributed by atoms with Crippen LogP contribution in [-0.4, -0.2) is 11.1 Å². The summed E-state index contributed by atoms with van der Waals surface area (Å²) in [6, 6.07) is 8.17. The first kappa shape index (κ1) is 13.5. The largest absolute Gasteiger partial charge is 0.478 e. The lowest BCUT2D eigenvalue weighted by molar-refractivity contribution is -0.131. The highest BCUT2D eigenvalue weighted by atomic mass is 16.4. The van der Waals surface area contributed by atoms with Gasteiger partial charge in [0.1, 0.15) is 0 Å². The summed E-state index contributed by atoms with van der Waals surface area (Å²) in [6.07, 6.45) is 6.07. The average Bonchev–Trinajstić information content (AvgIpc) is 2.29. The average molecular weight is 232 g/mol. The van der Waals surface area contributed by atoms with E-state index in [1.165, 1.54) is 30.9 Å². The van der Waals surface area contributed by atoms with Crippen LogP contribution in [0, 0.1) is 0 Å². The zero-order valence-electron chi connectivity index (χ0n) is 10.6. The van der Waals surface area contributed by atoms with E-state index < -0.39 is 5.97 Å². The summed E-state index contributed by atoms with van der Waals surface area (Å²) in [6.45, 7) is 4.02. The maximum absolute atomic E-state index is 10.5. The van der Waals surface area contributed by atoms with Crippen molar-refractivity contribution in [2.75, 3.05) is 0 Å². The quantitative estimate of drug-likeness (QED) is 0.596. The number of hydrogen-bond donors (Lipinski definition) is 1. The second kappa shape index (κ2) is 6.89. The van der Waals surface area contributed by atoms with E-state index in [2.05, 4.69) is 19.1 Å². The van der Waals surface area contributed by atoms with Crippen molar-refractivity contribution < 1.29 is 9.90 Å². The molecule has 0 saturated carbocycles. The Balaban J connectivity index is 2.64. The Morgan fingerprint density at radius 2 is 1.88 bits per heavy atom. The lowest BCUT2D eigenvalue weighted by Crippen LogP contribution is -1.91.